The van der Waals surface area contributed by atoms with Crippen molar-refractivity contribution in [2.75, 3.05) is 6.54 Å². The Bertz CT molecular complexity index is 296. The summed E-state index contributed by atoms with van der Waals surface area (Å²) in [5.41, 5.74) is 1.01. The number of hydrogen-bond acceptors (Lipinski definition) is 3. The van der Waals surface area contributed by atoms with Crippen molar-refractivity contribution in [2.24, 2.45) is 0 Å². The van der Waals surface area contributed by atoms with Crippen LogP contribution in [0.3, 0.4) is 0 Å². The molecular formula is C15H28N2O. The second-order valence-corrected chi connectivity index (χ2v) is 5.08. The maximum atomic E-state index is 5.02. The highest BCUT2D eigenvalue weighted by Gasteiger charge is 1.98. The highest BCUT2D eigenvalue weighted by atomic mass is 16.5. The molecule has 0 spiro atoms. The summed E-state index contributed by atoms with van der Waals surface area (Å²) in [6.45, 7) is 6.10. The normalized spacial score (nSPS) is 11.0. The lowest BCUT2D eigenvalue weighted by Crippen LogP contribution is -2.14. The topological polar surface area (TPSA) is 38.1 Å². The van der Waals surface area contributed by atoms with Crippen LogP contribution in [-0.4, -0.2) is 11.7 Å². The lowest BCUT2D eigenvalue weighted by Gasteiger charge is -2.03. The highest BCUT2D eigenvalue weighted by molar-refractivity contribution is 5.02. The number of aromatic nitrogens is 1. The molecule has 0 aromatic carbocycles. The molecule has 3 nitrogen and oxygen atoms in total. The number of nitrogens with zero attached hydrogens (tertiary/aromatic N) is 1. The van der Waals surface area contributed by atoms with Gasteiger partial charge < -0.3 is 9.84 Å². The quantitative estimate of drug-likeness (QED) is 0.599. The van der Waals surface area contributed by atoms with Gasteiger partial charge in [0.1, 0.15) is 5.76 Å². The van der Waals surface area contributed by atoms with Gasteiger partial charge in [-0.25, -0.2) is 0 Å². The Morgan fingerprint density at radius 2 is 1.72 bits per heavy atom. The Balaban J connectivity index is 1.81. The van der Waals surface area contributed by atoms with Crippen LogP contribution in [-0.2, 0) is 6.54 Å². The Labute approximate surface area is 111 Å². The molecule has 104 valence electrons. The molecule has 0 saturated heterocycles. The summed E-state index contributed by atoms with van der Waals surface area (Å²) in [5, 5.41) is 7.36. The van der Waals surface area contributed by atoms with Crippen LogP contribution in [0.4, 0.5) is 0 Å². The monoisotopic (exact) mass is 252 g/mol. The first-order chi connectivity index (χ1) is 8.83. The maximum Gasteiger partial charge on any atom is 0.133 e. The fourth-order valence-electron chi connectivity index (χ4n) is 2.10. The fourth-order valence-corrected chi connectivity index (χ4v) is 2.10. The molecule has 3 heteroatoms. The van der Waals surface area contributed by atoms with Gasteiger partial charge in [-0.05, 0) is 19.9 Å². The van der Waals surface area contributed by atoms with Crippen molar-refractivity contribution in [2.45, 2.75) is 71.8 Å². The molecule has 0 aliphatic carbocycles. The minimum atomic E-state index is 0.827. The molecule has 0 amide bonds. The zero-order chi connectivity index (χ0) is 13.1. The minimum absolute atomic E-state index is 0.827. The van der Waals surface area contributed by atoms with Crippen molar-refractivity contribution in [1.82, 2.24) is 10.5 Å². The van der Waals surface area contributed by atoms with E-state index in [0.29, 0.717) is 0 Å². The number of aryl methyl sites for hydroxylation is 1. The lowest BCUT2D eigenvalue weighted by atomic mass is 10.1. The predicted octanol–water partition coefficient (Wildman–Crippen LogP) is 4.21. The van der Waals surface area contributed by atoms with E-state index in [2.05, 4.69) is 17.4 Å². The van der Waals surface area contributed by atoms with Crippen molar-refractivity contribution < 1.29 is 4.52 Å². The van der Waals surface area contributed by atoms with E-state index in [9.17, 15) is 0 Å². The summed E-state index contributed by atoms with van der Waals surface area (Å²) in [5.74, 6) is 0.888. The van der Waals surface area contributed by atoms with E-state index in [4.69, 9.17) is 4.52 Å². The maximum absolute atomic E-state index is 5.02. The van der Waals surface area contributed by atoms with Gasteiger partial charge in [0.05, 0.1) is 5.69 Å². The Morgan fingerprint density at radius 3 is 2.33 bits per heavy atom. The van der Waals surface area contributed by atoms with Crippen molar-refractivity contribution in [3.63, 3.8) is 0 Å². The van der Waals surface area contributed by atoms with Gasteiger partial charge in [0, 0.05) is 12.6 Å². The van der Waals surface area contributed by atoms with E-state index in [1.807, 2.05) is 13.0 Å². The van der Waals surface area contributed by atoms with Gasteiger partial charge in [0.2, 0.25) is 0 Å². The molecule has 1 aromatic heterocycles. The van der Waals surface area contributed by atoms with Crippen molar-refractivity contribution in [1.29, 1.82) is 0 Å². The molecule has 1 N–H and O–H groups in total. The molecule has 0 aliphatic rings. The third-order valence-electron chi connectivity index (χ3n) is 3.19. The molecule has 0 fully saturated rings. The first-order valence-corrected chi connectivity index (χ1v) is 7.46. The molecule has 0 aliphatic heterocycles. The van der Waals surface area contributed by atoms with E-state index >= 15 is 0 Å². The molecule has 0 atom stereocenters. The van der Waals surface area contributed by atoms with E-state index in [1.165, 1.54) is 51.4 Å². The van der Waals surface area contributed by atoms with Crippen LogP contribution in [0.1, 0.15) is 69.7 Å². The van der Waals surface area contributed by atoms with Crippen molar-refractivity contribution in [3.8, 4) is 0 Å². The van der Waals surface area contributed by atoms with E-state index in [0.717, 1.165) is 24.5 Å². The molecule has 0 bridgehead atoms. The zero-order valence-electron chi connectivity index (χ0n) is 12.0. The van der Waals surface area contributed by atoms with Crippen LogP contribution in [0, 0.1) is 6.92 Å². The smallest absolute Gasteiger partial charge is 0.133 e. The standard InChI is InChI=1S/C15H28N2O/c1-3-4-5-6-7-8-9-10-11-16-13-15-12-14(2)18-17-15/h12,16H,3-11,13H2,1-2H3. The third-order valence-corrected chi connectivity index (χ3v) is 3.19. The van der Waals surface area contributed by atoms with Gasteiger partial charge >= 0.3 is 0 Å². The van der Waals surface area contributed by atoms with Gasteiger partial charge in [0.25, 0.3) is 0 Å². The molecule has 0 radical (unpaired) electrons. The Hall–Kier alpha value is -0.830. The summed E-state index contributed by atoms with van der Waals surface area (Å²) in [7, 11) is 0. The second kappa shape index (κ2) is 10.1. The van der Waals surface area contributed by atoms with Crippen molar-refractivity contribution >= 4 is 0 Å². The first kappa shape index (κ1) is 15.2. The second-order valence-electron chi connectivity index (χ2n) is 5.08. The van der Waals surface area contributed by atoms with Crippen molar-refractivity contribution in [3.05, 3.63) is 17.5 Å². The molecule has 0 saturated carbocycles. The third kappa shape index (κ3) is 7.49. The largest absolute Gasteiger partial charge is 0.361 e. The average Bonchev–Trinajstić information content (AvgIpc) is 2.77. The number of unbranched alkanes of at least 4 members (excludes halogenated alkanes) is 7. The van der Waals surface area contributed by atoms with Gasteiger partial charge in [-0.3, -0.25) is 0 Å². The van der Waals surface area contributed by atoms with E-state index < -0.39 is 0 Å². The van der Waals surface area contributed by atoms with Gasteiger partial charge in [-0.1, -0.05) is 57.0 Å². The average molecular weight is 252 g/mol. The Morgan fingerprint density at radius 1 is 1.06 bits per heavy atom. The Kier molecular flexibility index (Phi) is 8.57. The van der Waals surface area contributed by atoms with Crippen LogP contribution in [0.2, 0.25) is 0 Å². The van der Waals surface area contributed by atoms with Crippen LogP contribution >= 0.6 is 0 Å². The van der Waals surface area contributed by atoms with Crippen LogP contribution in [0.15, 0.2) is 10.6 Å². The predicted molar refractivity (Wildman–Crippen MR) is 75.6 cm³/mol. The number of rotatable bonds is 11. The van der Waals surface area contributed by atoms with Gasteiger partial charge in [-0.15, -0.1) is 0 Å². The minimum Gasteiger partial charge on any atom is -0.361 e. The molecule has 1 rings (SSSR count). The van der Waals surface area contributed by atoms with Crippen LogP contribution in [0.5, 0.6) is 0 Å². The molecule has 1 aromatic rings. The highest BCUT2D eigenvalue weighted by Crippen LogP contribution is 2.08. The van der Waals surface area contributed by atoms with Crippen LogP contribution < -0.4 is 5.32 Å². The lowest BCUT2D eigenvalue weighted by molar-refractivity contribution is 0.388. The zero-order valence-corrected chi connectivity index (χ0v) is 12.0. The first-order valence-electron chi connectivity index (χ1n) is 7.46. The number of hydrogen-bond donors (Lipinski definition) is 1. The molecular weight excluding hydrogens is 224 g/mol. The SMILES string of the molecule is CCCCCCCCCCNCc1cc(C)on1. The number of nitrogens with one attached hydrogen (secondary N) is 1. The summed E-state index contributed by atoms with van der Waals surface area (Å²) in [6, 6.07) is 1.99. The van der Waals surface area contributed by atoms with Gasteiger partial charge in [-0.2, -0.15) is 0 Å². The molecule has 1 heterocycles. The molecule has 0 unspecified atom stereocenters. The molecule has 18 heavy (non-hydrogen) atoms. The summed E-state index contributed by atoms with van der Waals surface area (Å²) in [6.07, 6.45) is 11.0. The fraction of sp³-hybridized carbons (Fsp3) is 0.800. The van der Waals surface area contributed by atoms with Crippen LogP contribution in [0.25, 0.3) is 0 Å². The van der Waals surface area contributed by atoms with E-state index in [1.54, 1.807) is 0 Å². The summed E-state index contributed by atoms with van der Waals surface area (Å²) >= 11 is 0. The van der Waals surface area contributed by atoms with Gasteiger partial charge in [0.15, 0.2) is 0 Å². The summed E-state index contributed by atoms with van der Waals surface area (Å²) < 4.78 is 5.02. The van der Waals surface area contributed by atoms with E-state index in [-0.39, 0.29) is 0 Å². The summed E-state index contributed by atoms with van der Waals surface area (Å²) in [4.78, 5) is 0.